The summed E-state index contributed by atoms with van der Waals surface area (Å²) < 4.78 is 0. The van der Waals surface area contributed by atoms with Crippen molar-refractivity contribution in [1.29, 1.82) is 0 Å². The van der Waals surface area contributed by atoms with E-state index >= 15 is 0 Å². The SMILES string of the molecule is NC(=O)CCC(NC(=O)CS)C(=O)Nc1cccc(NC(=O)C(CCC(N)=O)NC(=O)CS)c1. The lowest BCUT2D eigenvalue weighted by Gasteiger charge is -2.19. The number of nitrogens with two attached hydrogens (primary N) is 2. The van der Waals surface area contributed by atoms with Gasteiger partial charge < -0.3 is 32.7 Å². The topological polar surface area (TPSA) is 203 Å². The number of nitrogens with one attached hydrogen (secondary N) is 4. The van der Waals surface area contributed by atoms with Gasteiger partial charge in [0.15, 0.2) is 0 Å². The number of hydrogen-bond donors (Lipinski definition) is 8. The molecule has 186 valence electrons. The largest absolute Gasteiger partial charge is 0.370 e. The van der Waals surface area contributed by atoms with E-state index in [4.69, 9.17) is 11.5 Å². The van der Waals surface area contributed by atoms with Gasteiger partial charge in [0.05, 0.1) is 11.5 Å². The van der Waals surface area contributed by atoms with E-state index in [-0.39, 0.29) is 37.2 Å². The fourth-order valence-corrected chi connectivity index (χ4v) is 2.91. The zero-order valence-electron chi connectivity index (χ0n) is 18.2. The zero-order valence-corrected chi connectivity index (χ0v) is 20.0. The molecule has 0 aliphatic carbocycles. The molecule has 1 aromatic carbocycles. The van der Waals surface area contributed by atoms with Crippen molar-refractivity contribution in [3.05, 3.63) is 24.3 Å². The number of hydrogen-bond acceptors (Lipinski definition) is 8. The van der Waals surface area contributed by atoms with E-state index < -0.39 is 47.5 Å². The van der Waals surface area contributed by atoms with Crippen molar-refractivity contribution in [1.82, 2.24) is 10.6 Å². The number of rotatable bonds is 14. The number of carbonyl (C=O) groups is 6. The molecule has 1 rings (SSSR count). The van der Waals surface area contributed by atoms with Crippen LogP contribution in [0, 0.1) is 0 Å². The minimum Gasteiger partial charge on any atom is -0.370 e. The van der Waals surface area contributed by atoms with Gasteiger partial charge in [-0.15, -0.1) is 0 Å². The van der Waals surface area contributed by atoms with Crippen LogP contribution in [-0.4, -0.2) is 59.0 Å². The average molecular weight is 513 g/mol. The number of benzene rings is 1. The van der Waals surface area contributed by atoms with Crippen LogP contribution in [0.4, 0.5) is 11.4 Å². The molecule has 0 aliphatic rings. The molecule has 2 unspecified atom stereocenters. The Morgan fingerprint density at radius 3 is 1.44 bits per heavy atom. The first-order chi connectivity index (χ1) is 16.0. The molecule has 0 fully saturated rings. The fraction of sp³-hybridized carbons (Fsp3) is 0.400. The Morgan fingerprint density at radius 2 is 1.12 bits per heavy atom. The highest BCUT2D eigenvalue weighted by atomic mass is 32.1. The zero-order chi connectivity index (χ0) is 25.7. The molecule has 0 aliphatic heterocycles. The van der Waals surface area contributed by atoms with Crippen molar-refractivity contribution in [3.63, 3.8) is 0 Å². The number of carbonyl (C=O) groups excluding carboxylic acids is 6. The van der Waals surface area contributed by atoms with E-state index in [0.29, 0.717) is 11.4 Å². The van der Waals surface area contributed by atoms with Crippen molar-refractivity contribution >= 4 is 72.1 Å². The van der Waals surface area contributed by atoms with Gasteiger partial charge in [-0.2, -0.15) is 25.3 Å². The summed E-state index contributed by atoms with van der Waals surface area (Å²) in [6, 6.07) is 4.05. The maximum absolute atomic E-state index is 12.6. The minimum atomic E-state index is -1.03. The molecule has 0 radical (unpaired) electrons. The second-order valence-electron chi connectivity index (χ2n) is 7.13. The molecule has 0 saturated carbocycles. The number of amides is 6. The molecule has 34 heavy (non-hydrogen) atoms. The first-order valence-electron chi connectivity index (χ1n) is 10.1. The first kappa shape index (κ1) is 28.8. The maximum Gasteiger partial charge on any atom is 0.246 e. The third-order valence-electron chi connectivity index (χ3n) is 4.35. The summed E-state index contributed by atoms with van der Waals surface area (Å²) in [5.74, 6) is -3.75. The van der Waals surface area contributed by atoms with Crippen LogP contribution >= 0.6 is 25.3 Å². The van der Waals surface area contributed by atoms with Gasteiger partial charge in [-0.3, -0.25) is 28.8 Å². The molecule has 14 heteroatoms. The van der Waals surface area contributed by atoms with E-state index in [0.717, 1.165) is 0 Å². The molecule has 0 heterocycles. The summed E-state index contributed by atoms with van der Waals surface area (Å²) in [6.07, 6.45) is -0.259. The van der Waals surface area contributed by atoms with Crippen LogP contribution in [0.15, 0.2) is 24.3 Å². The van der Waals surface area contributed by atoms with Crippen molar-refractivity contribution < 1.29 is 28.8 Å². The highest BCUT2D eigenvalue weighted by Gasteiger charge is 2.23. The Labute approximate surface area is 207 Å². The Hall–Kier alpha value is -3.26. The molecule has 1 aromatic rings. The molecule has 6 amide bonds. The summed E-state index contributed by atoms with van der Waals surface area (Å²) in [7, 11) is 0. The van der Waals surface area contributed by atoms with E-state index in [1.807, 2.05) is 0 Å². The second-order valence-corrected chi connectivity index (χ2v) is 7.76. The molecular formula is C20H28N6O6S2. The van der Waals surface area contributed by atoms with Crippen LogP contribution < -0.4 is 32.7 Å². The molecule has 12 nitrogen and oxygen atoms in total. The third-order valence-corrected chi connectivity index (χ3v) is 4.92. The molecular weight excluding hydrogens is 484 g/mol. The van der Waals surface area contributed by atoms with Gasteiger partial charge in [-0.25, -0.2) is 0 Å². The molecule has 8 N–H and O–H groups in total. The predicted octanol–water partition coefficient (Wildman–Crippen LogP) is -1.08. The highest BCUT2D eigenvalue weighted by Crippen LogP contribution is 2.17. The van der Waals surface area contributed by atoms with Crippen LogP contribution in [0.3, 0.4) is 0 Å². The standard InChI is InChI=1S/C20H28N6O6S2/c21-15(27)6-4-13(25-17(29)9-33)19(31)23-11-2-1-3-12(8-11)24-20(32)14(5-7-16(22)28)26-18(30)10-34/h1-3,8,13-14,33-34H,4-7,9-10H2,(H2,21,27)(H2,22,28)(H,23,31)(H,24,32)(H,25,29)(H,26,30). The molecule has 0 aromatic heterocycles. The third kappa shape index (κ3) is 11.0. The summed E-state index contributed by atoms with van der Waals surface area (Å²) in [6.45, 7) is 0. The normalized spacial score (nSPS) is 12.1. The van der Waals surface area contributed by atoms with Gasteiger partial charge in [-0.1, -0.05) is 6.07 Å². The van der Waals surface area contributed by atoms with E-state index in [2.05, 4.69) is 46.5 Å². The van der Waals surface area contributed by atoms with Crippen LogP contribution in [-0.2, 0) is 28.8 Å². The molecule has 0 bridgehead atoms. The van der Waals surface area contributed by atoms with Crippen LogP contribution in [0.5, 0.6) is 0 Å². The van der Waals surface area contributed by atoms with Crippen LogP contribution in [0.2, 0.25) is 0 Å². The second kappa shape index (κ2) is 14.8. The monoisotopic (exact) mass is 512 g/mol. The summed E-state index contributed by atoms with van der Waals surface area (Å²) in [5, 5.41) is 10.1. The molecule has 0 spiro atoms. The van der Waals surface area contributed by atoms with E-state index in [9.17, 15) is 28.8 Å². The quantitative estimate of drug-likeness (QED) is 0.146. The summed E-state index contributed by atoms with van der Waals surface area (Å²) in [5.41, 5.74) is 10.8. The van der Waals surface area contributed by atoms with Crippen LogP contribution in [0.25, 0.3) is 0 Å². The first-order valence-corrected chi connectivity index (χ1v) is 11.4. The van der Waals surface area contributed by atoms with Crippen molar-refractivity contribution in [3.8, 4) is 0 Å². The van der Waals surface area contributed by atoms with Gasteiger partial charge in [0.25, 0.3) is 0 Å². The molecule has 2 atom stereocenters. The Kier molecular flexibility index (Phi) is 12.5. The predicted molar refractivity (Wildman–Crippen MR) is 132 cm³/mol. The highest BCUT2D eigenvalue weighted by molar-refractivity contribution is 7.81. The minimum absolute atomic E-state index is 0.0104. The van der Waals surface area contributed by atoms with Gasteiger partial charge in [-0.05, 0) is 31.0 Å². The van der Waals surface area contributed by atoms with Crippen molar-refractivity contribution in [2.45, 2.75) is 37.8 Å². The lowest BCUT2D eigenvalue weighted by Crippen LogP contribution is -2.45. The maximum atomic E-state index is 12.6. The van der Waals surface area contributed by atoms with Crippen molar-refractivity contribution in [2.24, 2.45) is 11.5 Å². The van der Waals surface area contributed by atoms with Gasteiger partial charge in [0, 0.05) is 24.2 Å². The molecule has 0 saturated heterocycles. The van der Waals surface area contributed by atoms with Crippen molar-refractivity contribution in [2.75, 3.05) is 22.1 Å². The number of primary amides is 2. The number of thiol groups is 2. The summed E-state index contributed by atoms with van der Waals surface area (Å²) >= 11 is 7.70. The Bertz CT molecular complexity index is 859. The van der Waals surface area contributed by atoms with Gasteiger partial charge >= 0.3 is 0 Å². The fourth-order valence-electron chi connectivity index (χ4n) is 2.72. The smallest absolute Gasteiger partial charge is 0.246 e. The summed E-state index contributed by atoms with van der Waals surface area (Å²) in [4.78, 5) is 70.7. The Balaban J connectivity index is 2.91. The van der Waals surface area contributed by atoms with E-state index in [1.54, 1.807) is 18.2 Å². The van der Waals surface area contributed by atoms with Crippen LogP contribution in [0.1, 0.15) is 25.7 Å². The Morgan fingerprint density at radius 1 is 0.735 bits per heavy atom. The number of anilines is 2. The van der Waals surface area contributed by atoms with Gasteiger partial charge in [0.1, 0.15) is 12.1 Å². The lowest BCUT2D eigenvalue weighted by molar-refractivity contribution is -0.125. The average Bonchev–Trinajstić information content (AvgIpc) is 2.78. The van der Waals surface area contributed by atoms with Gasteiger partial charge in [0.2, 0.25) is 35.4 Å². The van der Waals surface area contributed by atoms with E-state index in [1.165, 1.54) is 6.07 Å². The lowest BCUT2D eigenvalue weighted by atomic mass is 10.1.